The molecule has 12 heavy (non-hydrogen) atoms. The van der Waals surface area contributed by atoms with E-state index in [0.29, 0.717) is 12.0 Å². The smallest absolute Gasteiger partial charge is 0.0499 e. The van der Waals surface area contributed by atoms with E-state index in [-0.39, 0.29) is 0 Å². The van der Waals surface area contributed by atoms with Crippen LogP contribution in [-0.2, 0) is 4.74 Å². The summed E-state index contributed by atoms with van der Waals surface area (Å²) < 4.78 is 5.06. The Bertz CT molecular complexity index is 113. The molecule has 1 fully saturated rings. The average Bonchev–Trinajstić information content (AvgIpc) is 2.53. The molecule has 3 nitrogen and oxygen atoms in total. The monoisotopic (exact) mass is 172 g/mol. The molecule has 0 aromatic heterocycles. The third-order valence-electron chi connectivity index (χ3n) is 2.27. The fraction of sp³-hybridized carbons (Fsp3) is 1.00. The largest absolute Gasteiger partial charge is 0.384 e. The molecule has 0 bridgehead atoms. The molecule has 0 radical (unpaired) electrons. The molecule has 0 spiro atoms. The topological polar surface area (TPSA) is 33.3 Å². The summed E-state index contributed by atoms with van der Waals surface area (Å²) in [4.78, 5) is 0. The Morgan fingerprint density at radius 3 is 3.08 bits per heavy atom. The molecule has 0 saturated carbocycles. The van der Waals surface area contributed by atoms with Gasteiger partial charge in [-0.05, 0) is 18.9 Å². The van der Waals surface area contributed by atoms with E-state index in [4.69, 9.17) is 4.74 Å². The van der Waals surface area contributed by atoms with E-state index >= 15 is 0 Å². The molecule has 2 unspecified atom stereocenters. The third kappa shape index (κ3) is 3.52. The van der Waals surface area contributed by atoms with Crippen molar-refractivity contribution in [2.75, 3.05) is 33.4 Å². The van der Waals surface area contributed by atoms with Crippen LogP contribution in [0.1, 0.15) is 13.3 Å². The number of ether oxygens (including phenoxy) is 1. The minimum atomic E-state index is 0.621. The predicted molar refractivity (Wildman–Crippen MR) is 50.3 cm³/mol. The van der Waals surface area contributed by atoms with Crippen molar-refractivity contribution in [3.63, 3.8) is 0 Å². The van der Waals surface area contributed by atoms with Crippen LogP contribution < -0.4 is 10.6 Å². The van der Waals surface area contributed by atoms with E-state index in [9.17, 15) is 0 Å². The molecule has 3 heteroatoms. The number of hydrogen-bond donors (Lipinski definition) is 2. The maximum absolute atomic E-state index is 5.06. The van der Waals surface area contributed by atoms with Crippen LogP contribution in [0.4, 0.5) is 0 Å². The van der Waals surface area contributed by atoms with Gasteiger partial charge in [0.2, 0.25) is 0 Å². The molecule has 0 aromatic carbocycles. The molecular formula is C9H20N2O. The first-order valence-electron chi connectivity index (χ1n) is 4.76. The van der Waals surface area contributed by atoms with Gasteiger partial charge in [0.1, 0.15) is 0 Å². The molecular weight excluding hydrogens is 152 g/mol. The maximum atomic E-state index is 5.06. The molecule has 0 aromatic rings. The molecule has 1 saturated heterocycles. The summed E-state index contributed by atoms with van der Waals surface area (Å²) in [6, 6.07) is 0.685. The van der Waals surface area contributed by atoms with E-state index in [1.54, 1.807) is 7.11 Å². The van der Waals surface area contributed by atoms with Crippen molar-refractivity contribution in [3.05, 3.63) is 0 Å². The van der Waals surface area contributed by atoms with E-state index < -0.39 is 0 Å². The van der Waals surface area contributed by atoms with E-state index in [1.165, 1.54) is 6.42 Å². The van der Waals surface area contributed by atoms with Crippen molar-refractivity contribution in [2.24, 2.45) is 5.92 Å². The van der Waals surface area contributed by atoms with Gasteiger partial charge in [0.25, 0.3) is 0 Å². The number of hydrogen-bond acceptors (Lipinski definition) is 3. The molecule has 1 aliphatic heterocycles. The van der Waals surface area contributed by atoms with Gasteiger partial charge in [-0.15, -0.1) is 0 Å². The number of nitrogens with one attached hydrogen (secondary N) is 2. The molecule has 72 valence electrons. The summed E-state index contributed by atoms with van der Waals surface area (Å²) in [6.45, 7) is 6.42. The molecule has 1 aliphatic rings. The Morgan fingerprint density at radius 2 is 2.50 bits per heavy atom. The fourth-order valence-electron chi connectivity index (χ4n) is 1.54. The number of methoxy groups -OCH3 is 1. The second-order valence-electron chi connectivity index (χ2n) is 3.66. The second kappa shape index (κ2) is 5.51. The lowest BCUT2D eigenvalue weighted by Gasteiger charge is -2.15. The Balaban J connectivity index is 1.99. The first-order chi connectivity index (χ1) is 5.83. The van der Waals surface area contributed by atoms with Gasteiger partial charge in [0, 0.05) is 32.8 Å². The van der Waals surface area contributed by atoms with Gasteiger partial charge < -0.3 is 15.4 Å². The lowest BCUT2D eigenvalue weighted by Crippen LogP contribution is -2.35. The summed E-state index contributed by atoms with van der Waals surface area (Å²) >= 11 is 0. The molecule has 1 rings (SSSR count). The van der Waals surface area contributed by atoms with Crippen molar-refractivity contribution in [1.29, 1.82) is 0 Å². The quantitative estimate of drug-likeness (QED) is 0.622. The van der Waals surface area contributed by atoms with Crippen LogP contribution in [-0.4, -0.2) is 39.4 Å². The maximum Gasteiger partial charge on any atom is 0.0499 e. The van der Waals surface area contributed by atoms with Gasteiger partial charge in [-0.3, -0.25) is 0 Å². The van der Waals surface area contributed by atoms with E-state index in [0.717, 1.165) is 26.2 Å². The van der Waals surface area contributed by atoms with Crippen molar-refractivity contribution in [3.8, 4) is 0 Å². The predicted octanol–water partition coefficient (Wildman–Crippen LogP) is 0.220. The van der Waals surface area contributed by atoms with Crippen LogP contribution in [0.15, 0.2) is 0 Å². The van der Waals surface area contributed by atoms with Crippen molar-refractivity contribution in [1.82, 2.24) is 10.6 Å². The minimum absolute atomic E-state index is 0.621. The Morgan fingerprint density at radius 1 is 1.67 bits per heavy atom. The van der Waals surface area contributed by atoms with E-state index in [1.807, 2.05) is 0 Å². The van der Waals surface area contributed by atoms with Gasteiger partial charge in [0.15, 0.2) is 0 Å². The summed E-state index contributed by atoms with van der Waals surface area (Å²) in [7, 11) is 1.76. The molecule has 1 heterocycles. The summed E-state index contributed by atoms with van der Waals surface area (Å²) in [5.41, 5.74) is 0. The first-order valence-corrected chi connectivity index (χ1v) is 4.76. The second-order valence-corrected chi connectivity index (χ2v) is 3.66. The van der Waals surface area contributed by atoms with Gasteiger partial charge in [0.05, 0.1) is 0 Å². The molecule has 0 amide bonds. The number of rotatable bonds is 5. The zero-order valence-electron chi connectivity index (χ0n) is 8.10. The fourth-order valence-corrected chi connectivity index (χ4v) is 1.54. The van der Waals surface area contributed by atoms with Crippen molar-refractivity contribution >= 4 is 0 Å². The average molecular weight is 172 g/mol. The normalized spacial score (nSPS) is 26.0. The SMILES string of the molecule is COCC(C)CNC1CCNC1. The highest BCUT2D eigenvalue weighted by Gasteiger charge is 2.13. The van der Waals surface area contributed by atoms with Gasteiger partial charge in [-0.25, -0.2) is 0 Å². The Hall–Kier alpha value is -0.120. The Labute approximate surface area is 74.9 Å². The molecule has 0 aliphatic carbocycles. The zero-order valence-corrected chi connectivity index (χ0v) is 8.10. The van der Waals surface area contributed by atoms with Crippen LogP contribution in [0.3, 0.4) is 0 Å². The van der Waals surface area contributed by atoms with Gasteiger partial charge in [-0.2, -0.15) is 0 Å². The zero-order chi connectivity index (χ0) is 8.81. The lowest BCUT2D eigenvalue weighted by atomic mass is 10.2. The van der Waals surface area contributed by atoms with Crippen LogP contribution >= 0.6 is 0 Å². The minimum Gasteiger partial charge on any atom is -0.384 e. The van der Waals surface area contributed by atoms with Gasteiger partial charge in [-0.1, -0.05) is 6.92 Å². The highest BCUT2D eigenvalue weighted by molar-refractivity contribution is 4.77. The van der Waals surface area contributed by atoms with Crippen LogP contribution in [0.5, 0.6) is 0 Å². The van der Waals surface area contributed by atoms with Crippen LogP contribution in [0.2, 0.25) is 0 Å². The van der Waals surface area contributed by atoms with Crippen LogP contribution in [0, 0.1) is 5.92 Å². The summed E-state index contributed by atoms with van der Waals surface area (Å²) in [5, 5.41) is 6.86. The summed E-state index contributed by atoms with van der Waals surface area (Å²) in [5.74, 6) is 0.621. The van der Waals surface area contributed by atoms with Crippen molar-refractivity contribution < 1.29 is 4.74 Å². The van der Waals surface area contributed by atoms with Crippen molar-refractivity contribution in [2.45, 2.75) is 19.4 Å². The highest BCUT2D eigenvalue weighted by Crippen LogP contribution is 1.99. The van der Waals surface area contributed by atoms with E-state index in [2.05, 4.69) is 17.6 Å². The van der Waals surface area contributed by atoms with Gasteiger partial charge >= 0.3 is 0 Å². The highest BCUT2D eigenvalue weighted by atomic mass is 16.5. The first kappa shape index (κ1) is 9.96. The summed E-state index contributed by atoms with van der Waals surface area (Å²) in [6.07, 6.45) is 1.26. The Kier molecular flexibility index (Phi) is 4.58. The standard InChI is InChI=1S/C9H20N2O/c1-8(7-12-2)5-11-9-3-4-10-6-9/h8-11H,3-7H2,1-2H3. The lowest BCUT2D eigenvalue weighted by molar-refractivity contribution is 0.157. The molecule has 2 atom stereocenters. The third-order valence-corrected chi connectivity index (χ3v) is 2.27. The molecule has 2 N–H and O–H groups in total. The van der Waals surface area contributed by atoms with Crippen LogP contribution in [0.25, 0.3) is 0 Å².